The Morgan fingerprint density at radius 1 is 1.16 bits per heavy atom. The number of carbonyl (C=O) groups is 1. The Kier molecular flexibility index (Phi) is 6.34. The maximum Gasteiger partial charge on any atom is 0.271 e. The van der Waals surface area contributed by atoms with Gasteiger partial charge in [-0.1, -0.05) is 41.8 Å². The van der Waals surface area contributed by atoms with Crippen LogP contribution >= 0.6 is 47.1 Å². The number of hydrogen-bond acceptors (Lipinski definition) is 8. The monoisotopic (exact) mass is 491 g/mol. The minimum absolute atomic E-state index is 0.0859. The van der Waals surface area contributed by atoms with Crippen LogP contribution in [-0.4, -0.2) is 39.9 Å². The lowest BCUT2D eigenvalue weighted by Gasteiger charge is -2.17. The molecule has 1 aromatic carbocycles. The predicted octanol–water partition coefficient (Wildman–Crippen LogP) is 2.79. The molecule has 0 radical (unpaired) electrons. The molecule has 3 heterocycles. The highest BCUT2D eigenvalue weighted by atomic mass is 32.2. The van der Waals surface area contributed by atoms with Crippen molar-refractivity contribution in [3.05, 3.63) is 50.4 Å². The molecule has 1 saturated heterocycles. The number of methoxy groups -OCH3 is 1. The molecule has 0 saturated carbocycles. The van der Waals surface area contributed by atoms with Crippen LogP contribution in [0.4, 0.5) is 5.69 Å². The van der Waals surface area contributed by atoms with E-state index in [0.29, 0.717) is 38.1 Å². The Balaban J connectivity index is 1.95. The smallest absolute Gasteiger partial charge is 0.271 e. The highest BCUT2D eigenvalue weighted by Gasteiger charge is 2.34. The summed E-state index contributed by atoms with van der Waals surface area (Å²) in [6, 6.07) is 5.92. The summed E-state index contributed by atoms with van der Waals surface area (Å²) in [7, 11) is 1.64. The van der Waals surface area contributed by atoms with E-state index < -0.39 is 0 Å². The summed E-state index contributed by atoms with van der Waals surface area (Å²) in [5.41, 5.74) is 0.939. The summed E-state index contributed by atoms with van der Waals surface area (Å²) >= 11 is 9.56. The number of amides is 1. The number of nitrogens with zero attached hydrogens (tertiary/aromatic N) is 3. The average Bonchev–Trinajstić information content (AvgIpc) is 3.39. The summed E-state index contributed by atoms with van der Waals surface area (Å²) in [6.07, 6.45) is 1.65. The van der Waals surface area contributed by atoms with E-state index in [1.807, 2.05) is 25.1 Å². The second-order valence-electron chi connectivity index (χ2n) is 6.67. The summed E-state index contributed by atoms with van der Waals surface area (Å²) in [5.74, 6) is 0.602. The van der Waals surface area contributed by atoms with Crippen molar-refractivity contribution < 1.29 is 9.53 Å². The SMILES string of the molecule is C=CCN1C(=O)C(=c2sc(=C3Sc4ccc(OC)cc4N3CC)c(=O)n2CC)SC1=S. The molecule has 10 heteroatoms. The zero-order chi connectivity index (χ0) is 22.3. The van der Waals surface area contributed by atoms with Gasteiger partial charge in [0.25, 0.3) is 11.5 Å². The third-order valence-corrected chi connectivity index (χ3v) is 9.04. The van der Waals surface area contributed by atoms with Gasteiger partial charge in [0.15, 0.2) is 0 Å². The van der Waals surface area contributed by atoms with Crippen molar-refractivity contribution in [1.82, 2.24) is 9.47 Å². The van der Waals surface area contributed by atoms with Crippen molar-refractivity contribution in [1.29, 1.82) is 0 Å². The lowest BCUT2D eigenvalue weighted by atomic mass is 10.2. The number of thiocarbonyl (C=S) groups is 1. The van der Waals surface area contributed by atoms with Crippen molar-refractivity contribution in [2.24, 2.45) is 0 Å². The van der Waals surface area contributed by atoms with E-state index in [1.54, 1.807) is 29.5 Å². The number of fused-ring (bicyclic) bond motifs is 1. The van der Waals surface area contributed by atoms with E-state index in [-0.39, 0.29) is 11.5 Å². The molecule has 0 N–H and O–H groups in total. The van der Waals surface area contributed by atoms with Crippen molar-refractivity contribution in [3.63, 3.8) is 0 Å². The number of aromatic nitrogens is 1. The fourth-order valence-corrected chi connectivity index (χ4v) is 7.46. The first-order valence-electron chi connectivity index (χ1n) is 9.71. The Hall–Kier alpha value is -2.01. The van der Waals surface area contributed by atoms with Gasteiger partial charge >= 0.3 is 0 Å². The van der Waals surface area contributed by atoms with Gasteiger partial charge in [-0.2, -0.15) is 0 Å². The van der Waals surface area contributed by atoms with Crippen molar-refractivity contribution in [3.8, 4) is 5.75 Å². The first-order valence-corrected chi connectivity index (χ1v) is 12.6. The Morgan fingerprint density at radius 3 is 2.58 bits per heavy atom. The van der Waals surface area contributed by atoms with Gasteiger partial charge in [-0.15, -0.1) is 17.9 Å². The largest absolute Gasteiger partial charge is 0.497 e. The van der Waals surface area contributed by atoms with Crippen molar-refractivity contribution in [2.45, 2.75) is 25.3 Å². The van der Waals surface area contributed by atoms with Gasteiger partial charge in [0.05, 0.1) is 12.8 Å². The molecule has 1 fully saturated rings. The molecule has 2 aromatic rings. The fraction of sp³-hybridized carbons (Fsp3) is 0.286. The van der Waals surface area contributed by atoms with Gasteiger partial charge < -0.3 is 9.64 Å². The molecular formula is C21H21N3O3S4. The molecule has 2 aliphatic rings. The lowest BCUT2D eigenvalue weighted by molar-refractivity contribution is -0.120. The van der Waals surface area contributed by atoms with Crippen LogP contribution in [0.5, 0.6) is 5.75 Å². The maximum absolute atomic E-state index is 13.4. The van der Waals surface area contributed by atoms with Gasteiger partial charge in [-0.25, -0.2) is 0 Å². The van der Waals surface area contributed by atoms with Gasteiger partial charge in [0, 0.05) is 30.6 Å². The Morgan fingerprint density at radius 2 is 1.94 bits per heavy atom. The zero-order valence-electron chi connectivity index (χ0n) is 17.3. The standard InChI is InChI=1S/C21H21N3O3S4/c1-5-10-24-18(26)16(31-21(24)28)20-23(7-3)17(25)15(30-20)19-22(6-2)13-11-12(27-4)8-9-14(13)29-19/h5,8-9,11H,1,6-7,10H2,2-4H3. The van der Waals surface area contributed by atoms with Gasteiger partial charge in [0.1, 0.15) is 29.2 Å². The normalized spacial score (nSPS) is 19.3. The van der Waals surface area contributed by atoms with Gasteiger partial charge in [0.2, 0.25) is 0 Å². The topological polar surface area (TPSA) is 54.8 Å². The molecule has 0 bridgehead atoms. The summed E-state index contributed by atoms with van der Waals surface area (Å²) in [5, 5.41) is 0.885. The zero-order valence-corrected chi connectivity index (χ0v) is 20.6. The third-order valence-electron chi connectivity index (χ3n) is 4.97. The number of carbonyl (C=O) groups excluding carboxylic acids is 1. The first kappa shape index (κ1) is 22.2. The molecule has 0 aliphatic carbocycles. The van der Waals surface area contributed by atoms with Crippen LogP contribution in [0.1, 0.15) is 13.8 Å². The average molecular weight is 492 g/mol. The number of thioether (sulfide) groups is 2. The maximum atomic E-state index is 13.4. The van der Waals surface area contributed by atoms with Crippen LogP contribution in [0.15, 0.2) is 40.5 Å². The lowest BCUT2D eigenvalue weighted by Crippen LogP contribution is -2.35. The number of thiazole rings is 1. The molecule has 0 spiro atoms. The molecule has 162 valence electrons. The minimum Gasteiger partial charge on any atom is -0.497 e. The van der Waals surface area contributed by atoms with Crippen LogP contribution in [0.2, 0.25) is 0 Å². The molecule has 31 heavy (non-hydrogen) atoms. The van der Waals surface area contributed by atoms with Crippen LogP contribution in [-0.2, 0) is 11.3 Å². The minimum atomic E-state index is -0.172. The Bertz CT molecular complexity index is 1280. The van der Waals surface area contributed by atoms with E-state index in [0.717, 1.165) is 21.4 Å². The molecule has 0 unspecified atom stereocenters. The summed E-state index contributed by atoms with van der Waals surface area (Å²) in [4.78, 5) is 31.6. The first-order chi connectivity index (χ1) is 14.9. The molecule has 0 atom stereocenters. The van der Waals surface area contributed by atoms with Gasteiger partial charge in [-0.05, 0) is 26.0 Å². The van der Waals surface area contributed by atoms with Gasteiger partial charge in [-0.3, -0.25) is 19.1 Å². The number of rotatable bonds is 5. The molecular weight excluding hydrogens is 471 g/mol. The third kappa shape index (κ3) is 3.65. The number of hydrogen-bond donors (Lipinski definition) is 0. The van der Waals surface area contributed by atoms with E-state index in [1.165, 1.54) is 28.0 Å². The van der Waals surface area contributed by atoms with E-state index >= 15 is 0 Å². The van der Waals surface area contributed by atoms with E-state index in [2.05, 4.69) is 18.4 Å². The molecule has 1 amide bonds. The van der Waals surface area contributed by atoms with Crippen LogP contribution in [0, 0.1) is 0 Å². The van der Waals surface area contributed by atoms with Crippen LogP contribution in [0.25, 0.3) is 9.93 Å². The van der Waals surface area contributed by atoms with Crippen LogP contribution in [0.3, 0.4) is 0 Å². The number of benzene rings is 1. The number of anilines is 1. The van der Waals surface area contributed by atoms with E-state index in [4.69, 9.17) is 17.0 Å². The summed E-state index contributed by atoms with van der Waals surface area (Å²) < 4.78 is 8.83. The quantitative estimate of drug-likeness (QED) is 0.471. The molecule has 4 rings (SSSR count). The highest BCUT2D eigenvalue weighted by Crippen LogP contribution is 2.47. The Labute approximate surface area is 197 Å². The second-order valence-corrected chi connectivity index (χ2v) is 10.3. The van der Waals surface area contributed by atoms with Crippen molar-refractivity contribution in [2.75, 3.05) is 25.1 Å². The molecule has 1 aromatic heterocycles. The number of ether oxygens (including phenoxy) is 1. The van der Waals surface area contributed by atoms with Crippen molar-refractivity contribution >= 4 is 72.9 Å². The highest BCUT2D eigenvalue weighted by molar-refractivity contribution is 8.30. The second kappa shape index (κ2) is 8.85. The fourth-order valence-electron chi connectivity index (χ4n) is 3.49. The summed E-state index contributed by atoms with van der Waals surface area (Å²) in [6.45, 7) is 9.21. The predicted molar refractivity (Wildman–Crippen MR) is 134 cm³/mol. The molecule has 6 nitrogen and oxygen atoms in total. The van der Waals surface area contributed by atoms with E-state index in [9.17, 15) is 9.59 Å². The molecule has 2 aliphatic heterocycles. The van der Waals surface area contributed by atoms with Crippen LogP contribution < -0.4 is 24.4 Å².